The maximum absolute atomic E-state index is 15.0. The van der Waals surface area contributed by atoms with Crippen molar-refractivity contribution in [3.8, 4) is 10.4 Å². The minimum Gasteiger partial charge on any atom is -0.391 e. The molecule has 452 valence electrons. The van der Waals surface area contributed by atoms with Gasteiger partial charge in [-0.25, -0.2) is 4.98 Å². The second kappa shape index (κ2) is 25.6. The fourth-order valence-corrected chi connectivity index (χ4v) is 13.2. The number of rotatable bonds is 18. The number of piperidine rings is 1. The van der Waals surface area contributed by atoms with Crippen molar-refractivity contribution in [1.29, 1.82) is 0 Å². The molecule has 0 bridgehead atoms. The van der Waals surface area contributed by atoms with Gasteiger partial charge in [0, 0.05) is 55.2 Å². The predicted octanol–water partition coefficient (Wildman–Crippen LogP) is 6.58. The Morgan fingerprint density at radius 3 is 2.10 bits per heavy atom. The number of alkyl halides is 2. The number of likely N-dealkylation sites (tertiary alicyclic amines) is 3. The van der Waals surface area contributed by atoms with Gasteiger partial charge in [-0.05, 0) is 77.8 Å². The molecule has 8 atom stereocenters. The number of aliphatic hydroxyl groups is 1. The number of carbonyl (C=O) groups is 7. The molecule has 3 fully saturated rings. The van der Waals surface area contributed by atoms with Crippen LogP contribution in [0.15, 0.2) is 84.4 Å². The number of nitrogens with one attached hydrogen (secondary N) is 4. The average Bonchev–Trinajstić information content (AvgIpc) is 2.79. The van der Waals surface area contributed by atoms with Crippen LogP contribution in [0, 0.1) is 17.8 Å². The summed E-state index contributed by atoms with van der Waals surface area (Å²) in [6.45, 7) is 13.4. The van der Waals surface area contributed by atoms with Gasteiger partial charge in [0.2, 0.25) is 35.4 Å². The van der Waals surface area contributed by atoms with Crippen molar-refractivity contribution in [2.45, 2.75) is 135 Å². The molecule has 3 aliphatic rings. The van der Waals surface area contributed by atoms with Gasteiger partial charge >= 0.3 is 13.3 Å². The first kappa shape index (κ1) is 63.5. The van der Waals surface area contributed by atoms with Crippen molar-refractivity contribution in [2.75, 3.05) is 39.3 Å². The van der Waals surface area contributed by atoms with E-state index in [0.717, 1.165) is 57.2 Å². The summed E-state index contributed by atoms with van der Waals surface area (Å²) in [5, 5.41) is 21.9. The van der Waals surface area contributed by atoms with Crippen LogP contribution in [0.4, 0.5) is 8.78 Å². The average molecular weight is 1220 g/mol. The number of β-amino-alcohol motifs (C(OH)–C–C–N with tert-alkyl or cyclic N) is 1. The molecule has 0 saturated carbocycles. The highest BCUT2D eigenvalue weighted by Crippen LogP contribution is 2.59. The van der Waals surface area contributed by atoms with E-state index in [4.69, 9.17) is 4.74 Å². The van der Waals surface area contributed by atoms with E-state index >= 15 is 0 Å². The number of aryl methyl sites for hydroxylation is 1. The van der Waals surface area contributed by atoms with Gasteiger partial charge in [0.25, 0.3) is 5.91 Å². The fraction of sp³-hybridized carbons (Fsp3) is 0.492. The molecule has 5 heterocycles. The van der Waals surface area contributed by atoms with Crippen LogP contribution in [0.1, 0.15) is 118 Å². The molecule has 8 rings (SSSR count). The zero-order chi connectivity index (χ0) is 61.2. The lowest BCUT2D eigenvalue weighted by atomic mass is 9.85. The van der Waals surface area contributed by atoms with Crippen LogP contribution < -0.4 is 21.3 Å². The molecule has 20 nitrogen and oxygen atoms in total. The quantitative estimate of drug-likeness (QED) is 0.0457. The largest absolute Gasteiger partial charge is 0.399 e. The number of hydrogen-bond donors (Lipinski definition) is 7. The number of carbonyl (C=O) groups excluding carboxylic acids is 7. The molecule has 7 amide bonds. The van der Waals surface area contributed by atoms with Crippen LogP contribution in [0.25, 0.3) is 20.5 Å². The van der Waals surface area contributed by atoms with Crippen molar-refractivity contribution in [2.24, 2.45) is 10.8 Å². The SMILES string of the molecule is Cc1ncsc1-c1ccc([C@H](C)NC(=O)[C@@H]2C[C@@H](O)CN2C(=O)C(NC(=O)CNC(=O)CO[C@H]2C[C@@H](C(=O)N3CCCC(c4ccccc4)C3)N(C(=O)C(NC(=O)c3cc4cc(C(F)(F)P(=O)(O)O)ccc4s3)C(C)(C)C)C2)C(C)(C)C)cc1. The summed E-state index contributed by atoms with van der Waals surface area (Å²) in [4.78, 5) is 127. The van der Waals surface area contributed by atoms with Crippen LogP contribution >= 0.6 is 30.3 Å². The van der Waals surface area contributed by atoms with Gasteiger partial charge in [-0.15, -0.1) is 22.7 Å². The van der Waals surface area contributed by atoms with E-state index in [1.807, 2.05) is 68.4 Å². The van der Waals surface area contributed by atoms with E-state index < -0.39 is 121 Å². The van der Waals surface area contributed by atoms with Crippen molar-refractivity contribution in [1.82, 2.24) is 41.0 Å². The van der Waals surface area contributed by atoms with Crippen LogP contribution in [0.5, 0.6) is 0 Å². The summed E-state index contributed by atoms with van der Waals surface area (Å²) in [5.41, 5.74) is -1.71. The van der Waals surface area contributed by atoms with Crippen molar-refractivity contribution < 1.29 is 66.5 Å². The third-order valence-corrected chi connectivity index (χ3v) is 18.7. The van der Waals surface area contributed by atoms with Crippen LogP contribution in [-0.4, -0.2) is 152 Å². The van der Waals surface area contributed by atoms with Gasteiger partial charge < -0.3 is 55.6 Å². The normalized spacial score (nSPS) is 20.7. The zero-order valence-electron chi connectivity index (χ0n) is 48.1. The van der Waals surface area contributed by atoms with Gasteiger partial charge in [0.15, 0.2) is 0 Å². The summed E-state index contributed by atoms with van der Waals surface area (Å²) >= 11 is 2.45. The Morgan fingerprint density at radius 2 is 1.46 bits per heavy atom. The van der Waals surface area contributed by atoms with Crippen molar-refractivity contribution in [3.05, 3.63) is 112 Å². The topological polar surface area (TPSA) is 277 Å². The molecule has 5 aromatic rings. The zero-order valence-corrected chi connectivity index (χ0v) is 50.6. The first-order valence-corrected chi connectivity index (χ1v) is 31.1. The lowest BCUT2D eigenvalue weighted by Gasteiger charge is -2.38. The number of benzene rings is 3. The number of fused-ring (bicyclic) bond motifs is 1. The Bertz CT molecular complexity index is 3310. The van der Waals surface area contributed by atoms with Gasteiger partial charge in [0.05, 0.1) is 45.8 Å². The first-order valence-electron chi connectivity index (χ1n) is 27.8. The summed E-state index contributed by atoms with van der Waals surface area (Å²) in [5.74, 6) is -4.19. The van der Waals surface area contributed by atoms with Gasteiger partial charge in [-0.2, -0.15) is 8.78 Å². The minimum atomic E-state index is -5.88. The molecule has 0 aliphatic carbocycles. The second-order valence-electron chi connectivity index (χ2n) is 24.1. The highest BCUT2D eigenvalue weighted by atomic mass is 32.1. The van der Waals surface area contributed by atoms with E-state index in [2.05, 4.69) is 26.3 Å². The van der Waals surface area contributed by atoms with Crippen LogP contribution in [-0.2, 0) is 43.7 Å². The van der Waals surface area contributed by atoms with E-state index in [0.29, 0.717) is 24.2 Å². The van der Waals surface area contributed by atoms with Crippen LogP contribution in [0.2, 0.25) is 0 Å². The Morgan fingerprint density at radius 1 is 0.810 bits per heavy atom. The molecule has 3 unspecified atom stereocenters. The number of thiazole rings is 1. The van der Waals surface area contributed by atoms with Gasteiger partial charge in [-0.1, -0.05) is 102 Å². The van der Waals surface area contributed by atoms with Gasteiger partial charge in [0.1, 0.15) is 30.8 Å². The molecule has 3 aliphatic heterocycles. The van der Waals surface area contributed by atoms with E-state index in [1.165, 1.54) is 33.3 Å². The summed E-state index contributed by atoms with van der Waals surface area (Å²) < 4.78 is 47.4. The maximum atomic E-state index is 15.0. The predicted molar refractivity (Wildman–Crippen MR) is 313 cm³/mol. The van der Waals surface area contributed by atoms with E-state index in [9.17, 15) is 61.8 Å². The highest BCUT2D eigenvalue weighted by Gasteiger charge is 2.51. The number of aromatic nitrogens is 1. The smallest absolute Gasteiger partial charge is 0.391 e. The number of halogens is 2. The summed E-state index contributed by atoms with van der Waals surface area (Å²) in [6.07, 6.45) is -0.379. The molecule has 2 aromatic heterocycles. The summed E-state index contributed by atoms with van der Waals surface area (Å²) in [7, 11) is -5.88. The Labute approximate surface area is 494 Å². The molecule has 3 aromatic carbocycles. The maximum Gasteiger partial charge on any atom is 0.399 e. The minimum absolute atomic E-state index is 0.0186. The number of ether oxygens (including phenoxy) is 1. The molecule has 84 heavy (non-hydrogen) atoms. The number of aliphatic hydroxyl groups excluding tert-OH is 1. The molecule has 7 N–H and O–H groups in total. The molecular weight excluding hydrogens is 1150 g/mol. The first-order chi connectivity index (χ1) is 39.4. The van der Waals surface area contributed by atoms with Crippen molar-refractivity contribution >= 4 is 81.7 Å². The fourth-order valence-electron chi connectivity index (χ4n) is 11.0. The molecule has 25 heteroatoms. The number of hydrogen-bond acceptors (Lipinski definition) is 13. The monoisotopic (exact) mass is 1220 g/mol. The lowest BCUT2D eigenvalue weighted by Crippen LogP contribution is -2.58. The van der Waals surface area contributed by atoms with E-state index in [1.54, 1.807) is 52.0 Å². The standard InChI is InChI=1S/C59H73F2N8O12PS2/c1-33(35-16-18-37(19-17-35)49-34(2)63-32-83-49)64-52(73)43-25-41(70)29-68(43)55(76)50(57(3,4)5)65-47(71)27-62-48(72)31-81-42-26-44(54(75)67-22-12-15-38(28-67)36-13-10-9-11-14-36)69(30-42)56(77)51(58(6,7)8)66-53(74)46-24-39-23-40(20-21-45(39)84-46)59(60,61)82(78,79)80/h9-11,13-14,16-21,23-24,32-33,38,41-44,50-51,70H,12,15,22,25-31H2,1-8H3,(H,62,72)(H,64,73)(H,65,71)(H,66,74)(H2,78,79,80)/t33-,38?,41+,42-,43-,44-,50?,51?/m0/s1. The number of nitrogens with zero attached hydrogens (tertiary/aromatic N) is 4. The Hall–Kier alpha value is -6.53. The van der Waals surface area contributed by atoms with Crippen molar-refractivity contribution in [3.63, 3.8) is 0 Å². The van der Waals surface area contributed by atoms with Crippen LogP contribution in [0.3, 0.4) is 0 Å². The third kappa shape index (κ3) is 14.6. The molecule has 0 radical (unpaired) electrons. The van der Waals surface area contributed by atoms with Gasteiger partial charge in [-0.3, -0.25) is 38.1 Å². The molecular formula is C59H73F2N8O12PS2. The Kier molecular flexibility index (Phi) is 19.3. The third-order valence-electron chi connectivity index (χ3n) is 15.6. The number of amides is 7. The van der Waals surface area contributed by atoms with E-state index in [-0.39, 0.29) is 48.0 Å². The highest BCUT2D eigenvalue weighted by molar-refractivity contribution is 7.52. The number of thiophene rings is 1. The molecule has 0 spiro atoms. The second-order valence-corrected chi connectivity index (χ2v) is 27.7. The lowest BCUT2D eigenvalue weighted by molar-refractivity contribution is -0.147. The molecule has 3 saturated heterocycles. The summed E-state index contributed by atoms with van der Waals surface area (Å²) in [6, 6.07) is 16.8. The Balaban J connectivity index is 0.912.